The van der Waals surface area contributed by atoms with Crippen LogP contribution in [0.25, 0.3) is 0 Å². The van der Waals surface area contributed by atoms with Crippen LogP contribution in [0.15, 0.2) is 0 Å². The summed E-state index contributed by atoms with van der Waals surface area (Å²) in [4.78, 5) is 11.6. The van der Waals surface area contributed by atoms with Crippen molar-refractivity contribution in [2.24, 2.45) is 11.7 Å². The lowest BCUT2D eigenvalue weighted by Crippen LogP contribution is -2.49. The molecular formula is C10H15F3N2O. The van der Waals surface area contributed by atoms with Crippen molar-refractivity contribution in [2.75, 3.05) is 0 Å². The highest BCUT2D eigenvalue weighted by Gasteiger charge is 2.64. The van der Waals surface area contributed by atoms with Crippen LogP contribution in [-0.2, 0) is 4.79 Å². The van der Waals surface area contributed by atoms with Gasteiger partial charge in [-0.1, -0.05) is 0 Å². The normalized spacial score (nSPS) is 32.5. The fourth-order valence-electron chi connectivity index (χ4n) is 2.20. The third-order valence-electron chi connectivity index (χ3n) is 3.50. The topological polar surface area (TPSA) is 55.1 Å². The highest BCUT2D eigenvalue weighted by molar-refractivity contribution is 5.80. The number of amides is 1. The maximum absolute atomic E-state index is 12.6. The van der Waals surface area contributed by atoms with Crippen LogP contribution in [0.4, 0.5) is 13.2 Å². The number of hydrogen-bond acceptors (Lipinski definition) is 2. The van der Waals surface area contributed by atoms with E-state index in [4.69, 9.17) is 5.73 Å². The number of nitrogens with two attached hydrogens (primary N) is 1. The zero-order valence-corrected chi connectivity index (χ0v) is 8.81. The van der Waals surface area contributed by atoms with Crippen LogP contribution < -0.4 is 11.1 Å². The predicted molar refractivity (Wildman–Crippen MR) is 51.5 cm³/mol. The van der Waals surface area contributed by atoms with E-state index in [0.717, 1.165) is 6.42 Å². The van der Waals surface area contributed by atoms with Crippen LogP contribution in [0.3, 0.4) is 0 Å². The molecule has 0 aromatic carbocycles. The van der Waals surface area contributed by atoms with Gasteiger partial charge in [-0.05, 0) is 32.1 Å². The highest BCUT2D eigenvalue weighted by Crippen LogP contribution is 2.49. The molecule has 1 amide bonds. The minimum Gasteiger partial charge on any atom is -0.342 e. The molecule has 0 saturated heterocycles. The molecule has 3 N–H and O–H groups in total. The maximum atomic E-state index is 12.6. The van der Waals surface area contributed by atoms with Crippen molar-refractivity contribution in [3.63, 3.8) is 0 Å². The number of rotatable bonds is 2. The van der Waals surface area contributed by atoms with Gasteiger partial charge in [0.2, 0.25) is 5.91 Å². The Morgan fingerprint density at radius 1 is 1.31 bits per heavy atom. The molecule has 2 saturated carbocycles. The van der Waals surface area contributed by atoms with Gasteiger partial charge in [-0.2, -0.15) is 13.2 Å². The van der Waals surface area contributed by atoms with Crippen molar-refractivity contribution >= 4 is 5.91 Å². The molecule has 2 aliphatic rings. The Balaban J connectivity index is 1.93. The number of halogens is 3. The summed E-state index contributed by atoms with van der Waals surface area (Å²) in [7, 11) is 0. The zero-order chi connectivity index (χ0) is 12.0. The van der Waals surface area contributed by atoms with Crippen molar-refractivity contribution in [1.29, 1.82) is 0 Å². The second-order valence-electron chi connectivity index (χ2n) is 4.84. The fraction of sp³-hybridized carbons (Fsp3) is 0.900. The maximum Gasteiger partial charge on any atom is 0.411 e. The highest BCUT2D eigenvalue weighted by atomic mass is 19.4. The van der Waals surface area contributed by atoms with E-state index < -0.39 is 17.6 Å². The summed E-state index contributed by atoms with van der Waals surface area (Å²) in [5.41, 5.74) is 3.69. The summed E-state index contributed by atoms with van der Waals surface area (Å²) < 4.78 is 37.7. The third-order valence-corrected chi connectivity index (χ3v) is 3.50. The summed E-state index contributed by atoms with van der Waals surface area (Å²) >= 11 is 0. The van der Waals surface area contributed by atoms with E-state index in [-0.39, 0.29) is 24.8 Å². The Bertz CT molecular complexity index is 299. The Labute approximate surface area is 91.6 Å². The number of carbonyl (C=O) groups excluding carboxylic acids is 1. The summed E-state index contributed by atoms with van der Waals surface area (Å²) in [5, 5.41) is 2.15. The molecular weight excluding hydrogens is 221 g/mol. The molecule has 0 aromatic rings. The molecule has 2 aliphatic carbocycles. The smallest absolute Gasteiger partial charge is 0.342 e. The summed E-state index contributed by atoms with van der Waals surface area (Å²) in [6.45, 7) is 0. The van der Waals surface area contributed by atoms with E-state index in [1.165, 1.54) is 0 Å². The van der Waals surface area contributed by atoms with Crippen molar-refractivity contribution in [3.8, 4) is 0 Å². The van der Waals surface area contributed by atoms with Gasteiger partial charge in [-0.15, -0.1) is 0 Å². The number of nitrogens with one attached hydrogen (secondary N) is 1. The molecule has 0 aromatic heterocycles. The van der Waals surface area contributed by atoms with Crippen molar-refractivity contribution in [2.45, 2.75) is 49.9 Å². The van der Waals surface area contributed by atoms with Gasteiger partial charge >= 0.3 is 6.18 Å². The number of carbonyl (C=O) groups is 1. The molecule has 0 aliphatic heterocycles. The molecule has 3 nitrogen and oxygen atoms in total. The van der Waals surface area contributed by atoms with Crippen LogP contribution in [0, 0.1) is 5.92 Å². The van der Waals surface area contributed by atoms with Gasteiger partial charge in [0.25, 0.3) is 0 Å². The average molecular weight is 236 g/mol. The van der Waals surface area contributed by atoms with Crippen LogP contribution in [-0.4, -0.2) is 23.7 Å². The zero-order valence-electron chi connectivity index (χ0n) is 8.81. The quantitative estimate of drug-likeness (QED) is 0.759. The Hall–Kier alpha value is -0.780. The van der Waals surface area contributed by atoms with Gasteiger partial charge in [0.15, 0.2) is 0 Å². The molecule has 92 valence electrons. The van der Waals surface area contributed by atoms with Gasteiger partial charge in [-0.3, -0.25) is 4.79 Å². The van der Waals surface area contributed by atoms with Gasteiger partial charge in [0.1, 0.15) is 5.54 Å². The van der Waals surface area contributed by atoms with E-state index in [1.54, 1.807) is 0 Å². The van der Waals surface area contributed by atoms with Crippen LogP contribution >= 0.6 is 0 Å². The van der Waals surface area contributed by atoms with E-state index in [1.807, 2.05) is 0 Å². The minimum absolute atomic E-state index is 0.00101. The molecule has 2 fully saturated rings. The predicted octanol–water partition coefficient (Wildman–Crippen LogP) is 1.32. The standard InChI is InChI=1S/C10H15F3N2O/c11-10(12,13)9(3-4-9)15-8(16)6-1-2-7(14)5-6/h6-7H,1-5,14H2,(H,15,16). The first kappa shape index (κ1) is 11.7. The molecule has 2 rings (SSSR count). The minimum atomic E-state index is -4.33. The average Bonchev–Trinajstić information content (AvgIpc) is 2.81. The molecule has 0 spiro atoms. The van der Waals surface area contributed by atoms with Crippen LogP contribution in [0.5, 0.6) is 0 Å². The van der Waals surface area contributed by atoms with E-state index >= 15 is 0 Å². The lowest BCUT2D eigenvalue weighted by atomic mass is 10.1. The fourth-order valence-corrected chi connectivity index (χ4v) is 2.20. The molecule has 16 heavy (non-hydrogen) atoms. The first-order valence-electron chi connectivity index (χ1n) is 5.48. The van der Waals surface area contributed by atoms with E-state index in [0.29, 0.717) is 12.8 Å². The second-order valence-corrected chi connectivity index (χ2v) is 4.84. The van der Waals surface area contributed by atoms with Gasteiger partial charge < -0.3 is 11.1 Å². The lowest BCUT2D eigenvalue weighted by molar-refractivity contribution is -0.171. The molecule has 0 heterocycles. The second kappa shape index (κ2) is 3.61. The van der Waals surface area contributed by atoms with Crippen molar-refractivity contribution in [1.82, 2.24) is 5.32 Å². The van der Waals surface area contributed by atoms with Gasteiger partial charge in [0, 0.05) is 12.0 Å². The van der Waals surface area contributed by atoms with E-state index in [2.05, 4.69) is 5.32 Å². The van der Waals surface area contributed by atoms with E-state index in [9.17, 15) is 18.0 Å². The van der Waals surface area contributed by atoms with Crippen LogP contribution in [0.2, 0.25) is 0 Å². The summed E-state index contributed by atoms with van der Waals surface area (Å²) in [5.74, 6) is -0.822. The van der Waals surface area contributed by atoms with Crippen LogP contribution in [0.1, 0.15) is 32.1 Å². The third kappa shape index (κ3) is 2.03. The SMILES string of the molecule is NC1CCC(C(=O)NC2(C(F)(F)F)CC2)C1. The monoisotopic (exact) mass is 236 g/mol. The lowest BCUT2D eigenvalue weighted by Gasteiger charge is -2.22. The molecule has 2 unspecified atom stereocenters. The molecule has 0 bridgehead atoms. The Morgan fingerprint density at radius 2 is 1.94 bits per heavy atom. The summed E-state index contributed by atoms with van der Waals surface area (Å²) in [6, 6.07) is -0.0446. The van der Waals surface area contributed by atoms with Crippen molar-refractivity contribution in [3.05, 3.63) is 0 Å². The number of hydrogen-bond donors (Lipinski definition) is 2. The Kier molecular flexibility index (Phi) is 2.64. The van der Waals surface area contributed by atoms with Crippen molar-refractivity contribution < 1.29 is 18.0 Å². The molecule has 6 heteroatoms. The summed E-state index contributed by atoms with van der Waals surface area (Å²) in [6.07, 6.45) is -2.51. The first-order valence-corrected chi connectivity index (χ1v) is 5.48. The molecule has 0 radical (unpaired) electrons. The van der Waals surface area contributed by atoms with Gasteiger partial charge in [-0.25, -0.2) is 0 Å². The largest absolute Gasteiger partial charge is 0.411 e. The van der Waals surface area contributed by atoms with Gasteiger partial charge in [0.05, 0.1) is 0 Å². The molecule has 2 atom stereocenters. The number of alkyl halides is 3. The first-order chi connectivity index (χ1) is 7.34. The Morgan fingerprint density at radius 3 is 2.31 bits per heavy atom.